The topological polar surface area (TPSA) is 72.6 Å². The number of nitrogen functional groups attached to an aromatic ring is 1. The molecule has 0 saturated carbocycles. The Hall–Kier alpha value is -2.04. The quantitative estimate of drug-likeness (QED) is 0.682. The lowest BCUT2D eigenvalue weighted by Gasteiger charge is -2.30. The van der Waals surface area contributed by atoms with Gasteiger partial charge in [-0.25, -0.2) is 4.79 Å². The van der Waals surface area contributed by atoms with Gasteiger partial charge in [0.15, 0.2) is 6.61 Å². The molecule has 0 aliphatic carbocycles. The van der Waals surface area contributed by atoms with E-state index in [4.69, 9.17) is 10.5 Å². The molecule has 114 valence electrons. The Labute approximate surface area is 125 Å². The summed E-state index contributed by atoms with van der Waals surface area (Å²) >= 11 is 0. The highest BCUT2D eigenvalue weighted by molar-refractivity contribution is 5.92. The largest absolute Gasteiger partial charge is 0.452 e. The number of carbonyl (C=O) groups excluding carboxylic acids is 2. The molecule has 1 saturated heterocycles. The standard InChI is InChI=1S/C16H22N2O3/c1-11-5-7-18(8-6-11)15(19)10-21-16(20)13-4-3-12(2)14(17)9-13/h3-4,9,11H,5-8,10,17H2,1-2H3. The molecular weight excluding hydrogens is 268 g/mol. The van der Waals surface area contributed by atoms with Crippen LogP contribution in [0.1, 0.15) is 35.7 Å². The van der Waals surface area contributed by atoms with E-state index in [-0.39, 0.29) is 12.5 Å². The first kappa shape index (κ1) is 15.4. The summed E-state index contributed by atoms with van der Waals surface area (Å²) in [7, 11) is 0. The minimum atomic E-state index is -0.513. The van der Waals surface area contributed by atoms with Crippen LogP contribution in [0.5, 0.6) is 0 Å². The summed E-state index contributed by atoms with van der Waals surface area (Å²) in [4.78, 5) is 25.6. The number of hydrogen-bond donors (Lipinski definition) is 1. The maximum atomic E-state index is 12.0. The summed E-state index contributed by atoms with van der Waals surface area (Å²) < 4.78 is 5.08. The second-order valence-corrected chi connectivity index (χ2v) is 5.71. The first-order chi connectivity index (χ1) is 9.97. The molecule has 1 amide bonds. The van der Waals surface area contributed by atoms with Crippen molar-refractivity contribution in [2.24, 2.45) is 5.92 Å². The second kappa shape index (κ2) is 6.61. The monoisotopic (exact) mass is 290 g/mol. The highest BCUT2D eigenvalue weighted by Gasteiger charge is 2.21. The molecule has 0 atom stereocenters. The Morgan fingerprint density at radius 1 is 1.33 bits per heavy atom. The molecule has 2 rings (SSSR count). The third-order valence-corrected chi connectivity index (χ3v) is 3.98. The van der Waals surface area contributed by atoms with Crippen LogP contribution in [0, 0.1) is 12.8 Å². The van der Waals surface area contributed by atoms with Crippen molar-refractivity contribution < 1.29 is 14.3 Å². The average molecular weight is 290 g/mol. The van der Waals surface area contributed by atoms with Crippen molar-refractivity contribution in [2.75, 3.05) is 25.4 Å². The van der Waals surface area contributed by atoms with Crippen molar-refractivity contribution >= 4 is 17.6 Å². The lowest BCUT2D eigenvalue weighted by Crippen LogP contribution is -2.40. The third-order valence-electron chi connectivity index (χ3n) is 3.98. The van der Waals surface area contributed by atoms with Gasteiger partial charge >= 0.3 is 5.97 Å². The number of esters is 1. The summed E-state index contributed by atoms with van der Waals surface area (Å²) in [6.45, 7) is 5.33. The van der Waals surface area contributed by atoms with Crippen molar-refractivity contribution in [1.82, 2.24) is 4.90 Å². The number of rotatable bonds is 3. The molecule has 0 radical (unpaired) electrons. The lowest BCUT2D eigenvalue weighted by atomic mass is 9.99. The number of likely N-dealkylation sites (tertiary alicyclic amines) is 1. The molecule has 1 aromatic rings. The lowest BCUT2D eigenvalue weighted by molar-refractivity contribution is -0.135. The maximum Gasteiger partial charge on any atom is 0.338 e. The number of carbonyl (C=O) groups is 2. The van der Waals surface area contributed by atoms with Crippen LogP contribution < -0.4 is 5.73 Å². The van der Waals surface area contributed by atoms with E-state index in [0.717, 1.165) is 31.5 Å². The molecule has 5 heteroatoms. The van der Waals surface area contributed by atoms with Gasteiger partial charge in [0.25, 0.3) is 5.91 Å². The Bertz CT molecular complexity index is 534. The molecule has 1 aliphatic heterocycles. The van der Waals surface area contributed by atoms with Gasteiger partial charge in [-0.1, -0.05) is 13.0 Å². The molecule has 0 bridgehead atoms. The SMILES string of the molecule is Cc1ccc(C(=O)OCC(=O)N2CCC(C)CC2)cc1N. The van der Waals surface area contributed by atoms with Gasteiger partial charge in [0.1, 0.15) is 0 Å². The van der Waals surface area contributed by atoms with Gasteiger partial charge in [-0.15, -0.1) is 0 Å². The van der Waals surface area contributed by atoms with E-state index in [0.29, 0.717) is 17.2 Å². The molecule has 5 nitrogen and oxygen atoms in total. The van der Waals surface area contributed by atoms with Crippen LogP contribution in [0.15, 0.2) is 18.2 Å². The number of nitrogens with zero attached hydrogens (tertiary/aromatic N) is 1. The number of amides is 1. The summed E-state index contributed by atoms with van der Waals surface area (Å²) in [6.07, 6.45) is 2.02. The summed E-state index contributed by atoms with van der Waals surface area (Å²) in [5.74, 6) is 0.0166. The number of piperidine rings is 1. The molecule has 0 unspecified atom stereocenters. The van der Waals surface area contributed by atoms with Crippen LogP contribution in [0.4, 0.5) is 5.69 Å². The van der Waals surface area contributed by atoms with Crippen LogP contribution in [-0.2, 0) is 9.53 Å². The van der Waals surface area contributed by atoms with E-state index < -0.39 is 5.97 Å². The first-order valence-electron chi connectivity index (χ1n) is 7.28. The Kier molecular flexibility index (Phi) is 4.83. The third kappa shape index (κ3) is 3.97. The van der Waals surface area contributed by atoms with Crippen molar-refractivity contribution in [3.8, 4) is 0 Å². The number of ether oxygens (including phenoxy) is 1. The van der Waals surface area contributed by atoms with Crippen LogP contribution in [0.25, 0.3) is 0 Å². The van der Waals surface area contributed by atoms with E-state index >= 15 is 0 Å². The van der Waals surface area contributed by atoms with Crippen molar-refractivity contribution in [1.29, 1.82) is 0 Å². The zero-order chi connectivity index (χ0) is 15.4. The zero-order valence-electron chi connectivity index (χ0n) is 12.6. The number of benzene rings is 1. The first-order valence-corrected chi connectivity index (χ1v) is 7.28. The molecule has 21 heavy (non-hydrogen) atoms. The number of aryl methyl sites for hydroxylation is 1. The fraction of sp³-hybridized carbons (Fsp3) is 0.500. The summed E-state index contributed by atoms with van der Waals surface area (Å²) in [5.41, 5.74) is 7.58. The smallest absolute Gasteiger partial charge is 0.338 e. The van der Waals surface area contributed by atoms with E-state index in [2.05, 4.69) is 6.92 Å². The van der Waals surface area contributed by atoms with Crippen LogP contribution in [0.2, 0.25) is 0 Å². The minimum absolute atomic E-state index is 0.129. The van der Waals surface area contributed by atoms with Crippen LogP contribution >= 0.6 is 0 Å². The van der Waals surface area contributed by atoms with Crippen molar-refractivity contribution in [2.45, 2.75) is 26.7 Å². The Morgan fingerprint density at radius 2 is 2.00 bits per heavy atom. The predicted molar refractivity (Wildman–Crippen MR) is 80.9 cm³/mol. The maximum absolute atomic E-state index is 12.0. The summed E-state index contributed by atoms with van der Waals surface area (Å²) in [6, 6.07) is 4.99. The van der Waals surface area contributed by atoms with Gasteiger partial charge in [-0.05, 0) is 43.4 Å². The van der Waals surface area contributed by atoms with Gasteiger partial charge in [0, 0.05) is 18.8 Å². The normalized spacial score (nSPS) is 15.8. The summed E-state index contributed by atoms with van der Waals surface area (Å²) in [5, 5.41) is 0. The fourth-order valence-electron chi connectivity index (χ4n) is 2.33. The Morgan fingerprint density at radius 3 is 2.62 bits per heavy atom. The molecule has 1 aromatic carbocycles. The Balaban J connectivity index is 1.86. The highest BCUT2D eigenvalue weighted by Crippen LogP contribution is 2.16. The van der Waals surface area contributed by atoms with Gasteiger partial charge in [0.05, 0.1) is 5.56 Å². The molecule has 2 N–H and O–H groups in total. The second-order valence-electron chi connectivity index (χ2n) is 5.71. The van der Waals surface area contributed by atoms with Gasteiger partial charge in [-0.2, -0.15) is 0 Å². The minimum Gasteiger partial charge on any atom is -0.452 e. The van der Waals surface area contributed by atoms with Crippen LogP contribution in [-0.4, -0.2) is 36.5 Å². The van der Waals surface area contributed by atoms with Crippen molar-refractivity contribution in [3.05, 3.63) is 29.3 Å². The van der Waals surface area contributed by atoms with Crippen molar-refractivity contribution in [3.63, 3.8) is 0 Å². The molecular formula is C16H22N2O3. The zero-order valence-corrected chi connectivity index (χ0v) is 12.6. The molecule has 1 fully saturated rings. The number of hydrogen-bond acceptors (Lipinski definition) is 4. The molecule has 1 aliphatic rings. The molecule has 0 aromatic heterocycles. The van der Waals surface area contributed by atoms with Gasteiger partial charge < -0.3 is 15.4 Å². The predicted octanol–water partition coefficient (Wildman–Crippen LogP) is 1.99. The molecule has 1 heterocycles. The fourth-order valence-corrected chi connectivity index (χ4v) is 2.33. The average Bonchev–Trinajstić information content (AvgIpc) is 2.48. The van der Waals surface area contributed by atoms with Crippen LogP contribution in [0.3, 0.4) is 0 Å². The van der Waals surface area contributed by atoms with E-state index in [1.54, 1.807) is 23.1 Å². The highest BCUT2D eigenvalue weighted by atomic mass is 16.5. The number of anilines is 1. The number of nitrogens with two attached hydrogens (primary N) is 1. The molecule has 0 spiro atoms. The van der Waals surface area contributed by atoms with E-state index in [1.807, 2.05) is 6.92 Å². The van der Waals surface area contributed by atoms with Gasteiger partial charge in [0.2, 0.25) is 0 Å². The van der Waals surface area contributed by atoms with E-state index in [1.165, 1.54) is 0 Å². The van der Waals surface area contributed by atoms with Gasteiger partial charge in [-0.3, -0.25) is 4.79 Å². The van der Waals surface area contributed by atoms with E-state index in [9.17, 15) is 9.59 Å².